The average Bonchev–Trinajstić information content (AvgIpc) is 2.73. The van der Waals surface area contributed by atoms with Crippen LogP contribution in [0.3, 0.4) is 0 Å². The zero-order valence-corrected chi connectivity index (χ0v) is 15.5. The van der Waals surface area contributed by atoms with E-state index in [1.54, 1.807) is 23.5 Å². The molecule has 6 heteroatoms. The second-order valence-electron chi connectivity index (χ2n) is 4.33. The van der Waals surface area contributed by atoms with Crippen LogP contribution in [-0.4, -0.2) is 6.54 Å². The fourth-order valence-corrected chi connectivity index (χ4v) is 4.33. The van der Waals surface area contributed by atoms with E-state index in [2.05, 4.69) is 50.2 Å². The van der Waals surface area contributed by atoms with Gasteiger partial charge in [0.1, 0.15) is 5.82 Å². The maximum atomic E-state index is 13.2. The summed E-state index contributed by atoms with van der Waals surface area (Å²) in [6.45, 7) is 2.94. The van der Waals surface area contributed by atoms with Crippen molar-refractivity contribution >= 4 is 54.8 Å². The van der Waals surface area contributed by atoms with Crippen LogP contribution >= 0.6 is 54.8 Å². The Morgan fingerprint density at radius 3 is 2.65 bits per heavy atom. The van der Waals surface area contributed by atoms with Crippen LogP contribution in [-0.2, 0) is 6.42 Å². The summed E-state index contributed by atoms with van der Waals surface area (Å²) in [5.74, 6) is -0.378. The van der Waals surface area contributed by atoms with Gasteiger partial charge in [0.05, 0.1) is 8.81 Å². The standard InChI is InChI=1S/C14H13Br2ClFNS/c1-2-19-12(13-7-9(15)14(16)20-13)6-8-3-4-11(18)10(17)5-8/h3-5,7,12,19H,2,6H2,1H3. The highest BCUT2D eigenvalue weighted by molar-refractivity contribution is 9.13. The molecule has 0 aliphatic carbocycles. The number of hydrogen-bond acceptors (Lipinski definition) is 2. The summed E-state index contributed by atoms with van der Waals surface area (Å²) in [6.07, 6.45) is 0.771. The maximum Gasteiger partial charge on any atom is 0.141 e. The second-order valence-corrected chi connectivity index (χ2v) is 8.00. The lowest BCUT2D eigenvalue weighted by atomic mass is 10.0. The molecule has 0 saturated heterocycles. The Bertz CT molecular complexity index is 583. The van der Waals surface area contributed by atoms with Crippen molar-refractivity contribution in [3.8, 4) is 0 Å². The largest absolute Gasteiger partial charge is 0.309 e. The molecule has 1 atom stereocenters. The highest BCUT2D eigenvalue weighted by Gasteiger charge is 2.16. The van der Waals surface area contributed by atoms with E-state index in [9.17, 15) is 4.39 Å². The predicted molar refractivity (Wildman–Crippen MR) is 91.3 cm³/mol. The van der Waals surface area contributed by atoms with E-state index in [0.717, 1.165) is 26.8 Å². The molecule has 1 nitrogen and oxygen atoms in total. The molecule has 0 aliphatic heterocycles. The van der Waals surface area contributed by atoms with Gasteiger partial charge in [-0.2, -0.15) is 0 Å². The minimum atomic E-state index is -0.378. The Balaban J connectivity index is 2.22. The molecule has 0 spiro atoms. The molecular formula is C14H13Br2ClFNS. The lowest BCUT2D eigenvalue weighted by Crippen LogP contribution is -2.22. The van der Waals surface area contributed by atoms with Crippen LogP contribution in [0.25, 0.3) is 0 Å². The van der Waals surface area contributed by atoms with Crippen LogP contribution < -0.4 is 5.32 Å². The molecule has 2 aromatic rings. The summed E-state index contributed by atoms with van der Waals surface area (Å²) in [4.78, 5) is 1.23. The van der Waals surface area contributed by atoms with Gasteiger partial charge >= 0.3 is 0 Å². The van der Waals surface area contributed by atoms with Gasteiger partial charge in [0, 0.05) is 15.4 Å². The molecule has 2 rings (SSSR count). The van der Waals surface area contributed by atoms with Gasteiger partial charge < -0.3 is 5.32 Å². The summed E-state index contributed by atoms with van der Waals surface area (Å²) < 4.78 is 15.3. The fraction of sp³-hybridized carbons (Fsp3) is 0.286. The molecule has 20 heavy (non-hydrogen) atoms. The SMILES string of the molecule is CCNC(Cc1ccc(F)c(Cl)c1)c1cc(Br)c(Br)s1. The van der Waals surface area contributed by atoms with Crippen molar-refractivity contribution in [2.75, 3.05) is 6.54 Å². The molecule has 108 valence electrons. The molecule has 1 unspecified atom stereocenters. The minimum absolute atomic E-state index is 0.172. The normalized spacial score (nSPS) is 12.7. The van der Waals surface area contributed by atoms with E-state index >= 15 is 0 Å². The van der Waals surface area contributed by atoms with Crippen LogP contribution in [0, 0.1) is 5.82 Å². The highest BCUT2D eigenvalue weighted by Crippen LogP contribution is 2.36. The minimum Gasteiger partial charge on any atom is -0.309 e. The Hall–Kier alpha value is 0.0600. The van der Waals surface area contributed by atoms with Crippen molar-refractivity contribution in [2.24, 2.45) is 0 Å². The molecule has 0 bridgehead atoms. The van der Waals surface area contributed by atoms with Gasteiger partial charge in [-0.25, -0.2) is 4.39 Å². The lowest BCUT2D eigenvalue weighted by molar-refractivity contribution is 0.557. The zero-order chi connectivity index (χ0) is 14.7. The van der Waals surface area contributed by atoms with Gasteiger partial charge in [-0.3, -0.25) is 0 Å². The molecule has 0 amide bonds. The number of likely N-dealkylation sites (N-methyl/N-ethyl adjacent to an activating group) is 1. The average molecular weight is 442 g/mol. The Morgan fingerprint density at radius 2 is 2.10 bits per heavy atom. The third-order valence-electron chi connectivity index (χ3n) is 2.88. The molecule has 1 N–H and O–H groups in total. The van der Waals surface area contributed by atoms with Crippen molar-refractivity contribution in [3.05, 3.63) is 53.8 Å². The number of halogens is 4. The molecule has 1 heterocycles. The summed E-state index contributed by atoms with van der Waals surface area (Å²) in [5.41, 5.74) is 1.02. The van der Waals surface area contributed by atoms with Gasteiger partial charge in [0.2, 0.25) is 0 Å². The van der Waals surface area contributed by atoms with Crippen molar-refractivity contribution in [2.45, 2.75) is 19.4 Å². The molecule has 0 radical (unpaired) electrons. The molecule has 0 saturated carbocycles. The predicted octanol–water partition coefficient (Wildman–Crippen LogP) is 5.96. The first-order valence-corrected chi connectivity index (χ1v) is 8.91. The zero-order valence-electron chi connectivity index (χ0n) is 10.7. The number of hydrogen-bond donors (Lipinski definition) is 1. The fourth-order valence-electron chi connectivity index (χ4n) is 1.96. The first kappa shape index (κ1) is 16.4. The number of rotatable bonds is 5. The maximum absolute atomic E-state index is 13.2. The van der Waals surface area contributed by atoms with Gasteiger partial charge in [0.25, 0.3) is 0 Å². The Labute approximate surface area is 143 Å². The van der Waals surface area contributed by atoms with E-state index in [0.29, 0.717) is 0 Å². The van der Waals surface area contributed by atoms with Gasteiger partial charge in [-0.05, 0) is 68.6 Å². The van der Waals surface area contributed by atoms with Crippen LogP contribution in [0.15, 0.2) is 32.5 Å². The molecule has 0 fully saturated rings. The monoisotopic (exact) mass is 439 g/mol. The Morgan fingerprint density at radius 1 is 1.35 bits per heavy atom. The smallest absolute Gasteiger partial charge is 0.141 e. The summed E-state index contributed by atoms with van der Waals surface area (Å²) in [6, 6.07) is 7.19. The lowest BCUT2D eigenvalue weighted by Gasteiger charge is -2.16. The quantitative estimate of drug-likeness (QED) is 0.604. The first-order valence-electron chi connectivity index (χ1n) is 6.13. The van der Waals surface area contributed by atoms with E-state index in [1.807, 2.05) is 0 Å². The van der Waals surface area contributed by atoms with Crippen LogP contribution in [0.1, 0.15) is 23.4 Å². The van der Waals surface area contributed by atoms with Crippen LogP contribution in [0.2, 0.25) is 5.02 Å². The number of nitrogens with one attached hydrogen (secondary N) is 1. The molecule has 1 aromatic heterocycles. The third-order valence-corrected chi connectivity index (χ3v) is 6.54. The molecule has 1 aromatic carbocycles. The number of benzene rings is 1. The topological polar surface area (TPSA) is 12.0 Å². The van der Waals surface area contributed by atoms with Crippen molar-refractivity contribution in [3.63, 3.8) is 0 Å². The molecular weight excluding hydrogens is 428 g/mol. The highest BCUT2D eigenvalue weighted by atomic mass is 79.9. The van der Waals surface area contributed by atoms with Gasteiger partial charge in [0.15, 0.2) is 0 Å². The Kier molecular flexibility index (Phi) is 6.05. The van der Waals surface area contributed by atoms with Crippen molar-refractivity contribution in [1.82, 2.24) is 5.32 Å². The van der Waals surface area contributed by atoms with E-state index in [1.165, 1.54) is 10.9 Å². The third kappa shape index (κ3) is 4.04. The first-order chi connectivity index (χ1) is 9.51. The number of thiophene rings is 1. The van der Waals surface area contributed by atoms with E-state index in [-0.39, 0.29) is 16.9 Å². The summed E-state index contributed by atoms with van der Waals surface area (Å²) in [5, 5.41) is 3.63. The van der Waals surface area contributed by atoms with E-state index < -0.39 is 0 Å². The molecule has 0 aliphatic rings. The van der Waals surface area contributed by atoms with Crippen molar-refractivity contribution < 1.29 is 4.39 Å². The van der Waals surface area contributed by atoms with Crippen LogP contribution in [0.4, 0.5) is 4.39 Å². The summed E-state index contributed by atoms with van der Waals surface area (Å²) >= 11 is 14.6. The van der Waals surface area contributed by atoms with Crippen LogP contribution in [0.5, 0.6) is 0 Å². The summed E-state index contributed by atoms with van der Waals surface area (Å²) in [7, 11) is 0. The second kappa shape index (κ2) is 7.36. The van der Waals surface area contributed by atoms with Gasteiger partial charge in [-0.15, -0.1) is 11.3 Å². The van der Waals surface area contributed by atoms with Crippen molar-refractivity contribution in [1.29, 1.82) is 0 Å². The van der Waals surface area contributed by atoms with Gasteiger partial charge in [-0.1, -0.05) is 24.6 Å². The van der Waals surface area contributed by atoms with E-state index in [4.69, 9.17) is 11.6 Å².